The summed E-state index contributed by atoms with van der Waals surface area (Å²) in [6, 6.07) is 0.604. The maximum atomic E-state index is 3.71. The van der Waals surface area contributed by atoms with Gasteiger partial charge in [-0.25, -0.2) is 0 Å². The predicted octanol–water partition coefficient (Wildman–Crippen LogP) is 1.42. The quantitative estimate of drug-likeness (QED) is 0.450. The lowest BCUT2D eigenvalue weighted by Gasteiger charge is -2.28. The molecule has 0 heterocycles. The molecule has 1 N–H and O–H groups in total. The van der Waals surface area contributed by atoms with E-state index in [1.807, 2.05) is 6.08 Å². The predicted molar refractivity (Wildman–Crippen MR) is 72.9 cm³/mol. The minimum atomic E-state index is 0.604. The van der Waals surface area contributed by atoms with E-state index in [2.05, 4.69) is 49.6 Å². The topological polar surface area (TPSA) is 18.5 Å². The molecule has 0 fully saturated rings. The lowest BCUT2D eigenvalue weighted by molar-refractivity contribution is 0.205. The van der Waals surface area contributed by atoms with Gasteiger partial charge >= 0.3 is 0 Å². The standard InChI is InChI=1S/C13H29N3/c1-6-9-14-12-13(3)16(7-2)11-8-10-15(4)5/h6,13-14H,1,7-12H2,2-5H3. The van der Waals surface area contributed by atoms with Crippen molar-refractivity contribution in [1.29, 1.82) is 0 Å². The second kappa shape index (κ2) is 9.82. The van der Waals surface area contributed by atoms with Gasteiger partial charge in [0.1, 0.15) is 0 Å². The van der Waals surface area contributed by atoms with E-state index in [-0.39, 0.29) is 0 Å². The molecule has 0 aromatic carbocycles. The van der Waals surface area contributed by atoms with E-state index >= 15 is 0 Å². The second-order valence-electron chi connectivity index (χ2n) is 4.58. The van der Waals surface area contributed by atoms with Crippen molar-refractivity contribution in [3.05, 3.63) is 12.7 Å². The number of rotatable bonds is 10. The molecule has 3 nitrogen and oxygen atoms in total. The summed E-state index contributed by atoms with van der Waals surface area (Å²) in [5, 5.41) is 3.38. The molecule has 3 heteroatoms. The maximum absolute atomic E-state index is 3.71. The monoisotopic (exact) mass is 227 g/mol. The van der Waals surface area contributed by atoms with Gasteiger partial charge in [-0.15, -0.1) is 6.58 Å². The van der Waals surface area contributed by atoms with Crippen LogP contribution in [0.3, 0.4) is 0 Å². The van der Waals surface area contributed by atoms with Crippen LogP contribution in [0.2, 0.25) is 0 Å². The molecule has 0 radical (unpaired) electrons. The van der Waals surface area contributed by atoms with Gasteiger partial charge in [0.25, 0.3) is 0 Å². The zero-order chi connectivity index (χ0) is 12.4. The van der Waals surface area contributed by atoms with Gasteiger partial charge in [0.05, 0.1) is 0 Å². The van der Waals surface area contributed by atoms with Crippen molar-refractivity contribution in [1.82, 2.24) is 15.1 Å². The fraction of sp³-hybridized carbons (Fsp3) is 0.846. The number of likely N-dealkylation sites (N-methyl/N-ethyl adjacent to an activating group) is 1. The fourth-order valence-corrected chi connectivity index (χ4v) is 1.80. The molecule has 0 aromatic rings. The van der Waals surface area contributed by atoms with Crippen LogP contribution in [-0.2, 0) is 0 Å². The van der Waals surface area contributed by atoms with Crippen molar-refractivity contribution < 1.29 is 0 Å². The molecule has 0 aliphatic heterocycles. The number of hydrogen-bond acceptors (Lipinski definition) is 3. The molecule has 0 saturated heterocycles. The molecular weight excluding hydrogens is 198 g/mol. The van der Waals surface area contributed by atoms with Crippen molar-refractivity contribution in [2.45, 2.75) is 26.3 Å². The largest absolute Gasteiger partial charge is 0.312 e. The van der Waals surface area contributed by atoms with Crippen molar-refractivity contribution in [3.8, 4) is 0 Å². The summed E-state index contributed by atoms with van der Waals surface area (Å²) in [7, 11) is 4.26. The molecule has 1 unspecified atom stereocenters. The molecule has 0 rings (SSSR count). The third-order valence-corrected chi connectivity index (χ3v) is 2.81. The summed E-state index contributed by atoms with van der Waals surface area (Å²) in [4.78, 5) is 4.77. The van der Waals surface area contributed by atoms with Crippen molar-refractivity contribution in [2.75, 3.05) is 46.8 Å². The molecule has 0 spiro atoms. The lowest BCUT2D eigenvalue weighted by atomic mass is 10.2. The minimum absolute atomic E-state index is 0.604. The Morgan fingerprint density at radius 2 is 2.00 bits per heavy atom. The summed E-state index contributed by atoms with van der Waals surface area (Å²) in [5.74, 6) is 0. The summed E-state index contributed by atoms with van der Waals surface area (Å²) in [5.41, 5.74) is 0. The zero-order valence-electron chi connectivity index (χ0n) is 11.5. The average Bonchev–Trinajstić information content (AvgIpc) is 2.24. The SMILES string of the molecule is C=CCNCC(C)N(CC)CCCN(C)C. The first-order valence-electron chi connectivity index (χ1n) is 6.32. The zero-order valence-corrected chi connectivity index (χ0v) is 11.5. The third-order valence-electron chi connectivity index (χ3n) is 2.81. The van der Waals surface area contributed by atoms with Crippen LogP contribution in [0.4, 0.5) is 0 Å². The van der Waals surface area contributed by atoms with Crippen LogP contribution in [0.5, 0.6) is 0 Å². The van der Waals surface area contributed by atoms with E-state index in [1.54, 1.807) is 0 Å². The summed E-state index contributed by atoms with van der Waals surface area (Å²) >= 11 is 0. The molecule has 0 amide bonds. The third kappa shape index (κ3) is 7.85. The Morgan fingerprint density at radius 1 is 1.31 bits per heavy atom. The molecule has 0 aromatic heterocycles. The lowest BCUT2D eigenvalue weighted by Crippen LogP contribution is -2.41. The summed E-state index contributed by atoms with van der Waals surface area (Å²) < 4.78 is 0. The van der Waals surface area contributed by atoms with Gasteiger partial charge in [0, 0.05) is 19.1 Å². The van der Waals surface area contributed by atoms with Crippen LogP contribution in [0.25, 0.3) is 0 Å². The molecule has 1 atom stereocenters. The van der Waals surface area contributed by atoms with Crippen LogP contribution in [0, 0.1) is 0 Å². The molecule has 0 aliphatic rings. The highest BCUT2D eigenvalue weighted by molar-refractivity contribution is 4.74. The van der Waals surface area contributed by atoms with E-state index in [0.717, 1.165) is 19.6 Å². The van der Waals surface area contributed by atoms with Gasteiger partial charge in [-0.3, -0.25) is 4.90 Å². The van der Waals surface area contributed by atoms with Gasteiger partial charge in [-0.05, 0) is 47.1 Å². The maximum Gasteiger partial charge on any atom is 0.0192 e. The minimum Gasteiger partial charge on any atom is -0.312 e. The molecule has 0 bridgehead atoms. The van der Waals surface area contributed by atoms with Crippen LogP contribution in [-0.4, -0.2) is 62.7 Å². The van der Waals surface area contributed by atoms with Crippen LogP contribution in [0.15, 0.2) is 12.7 Å². The first-order valence-corrected chi connectivity index (χ1v) is 6.32. The Hall–Kier alpha value is -0.380. The summed E-state index contributed by atoms with van der Waals surface area (Å²) in [6.07, 6.45) is 3.15. The average molecular weight is 227 g/mol. The molecule has 0 saturated carbocycles. The van der Waals surface area contributed by atoms with Crippen molar-refractivity contribution in [2.24, 2.45) is 0 Å². The van der Waals surface area contributed by atoms with E-state index in [4.69, 9.17) is 0 Å². The highest BCUT2D eigenvalue weighted by Gasteiger charge is 2.10. The van der Waals surface area contributed by atoms with Gasteiger partial charge < -0.3 is 10.2 Å². The van der Waals surface area contributed by atoms with E-state index in [9.17, 15) is 0 Å². The Kier molecular flexibility index (Phi) is 9.59. The highest BCUT2D eigenvalue weighted by Crippen LogP contribution is 1.99. The fourth-order valence-electron chi connectivity index (χ4n) is 1.80. The van der Waals surface area contributed by atoms with Gasteiger partial charge in [0.2, 0.25) is 0 Å². The Morgan fingerprint density at radius 3 is 2.50 bits per heavy atom. The number of nitrogens with zero attached hydrogens (tertiary/aromatic N) is 2. The van der Waals surface area contributed by atoms with Crippen LogP contribution < -0.4 is 5.32 Å². The van der Waals surface area contributed by atoms with Crippen LogP contribution >= 0.6 is 0 Å². The number of hydrogen-bond donors (Lipinski definition) is 1. The van der Waals surface area contributed by atoms with Gasteiger partial charge in [0.15, 0.2) is 0 Å². The van der Waals surface area contributed by atoms with E-state index in [0.29, 0.717) is 6.04 Å². The Labute approximate surface area is 101 Å². The smallest absolute Gasteiger partial charge is 0.0192 e. The van der Waals surface area contributed by atoms with Gasteiger partial charge in [-0.1, -0.05) is 13.0 Å². The highest BCUT2D eigenvalue weighted by atomic mass is 15.2. The first-order chi connectivity index (χ1) is 7.61. The summed E-state index contributed by atoms with van der Waals surface area (Å²) in [6.45, 7) is 13.7. The molecule has 96 valence electrons. The normalized spacial score (nSPS) is 13.4. The van der Waals surface area contributed by atoms with E-state index < -0.39 is 0 Å². The number of nitrogens with one attached hydrogen (secondary N) is 1. The van der Waals surface area contributed by atoms with Crippen LogP contribution in [0.1, 0.15) is 20.3 Å². The van der Waals surface area contributed by atoms with Crippen molar-refractivity contribution >= 4 is 0 Å². The molecule has 0 aliphatic carbocycles. The molecule has 16 heavy (non-hydrogen) atoms. The first kappa shape index (κ1) is 15.6. The molecular formula is C13H29N3. The van der Waals surface area contributed by atoms with Crippen molar-refractivity contribution in [3.63, 3.8) is 0 Å². The Balaban J connectivity index is 3.73. The van der Waals surface area contributed by atoms with E-state index in [1.165, 1.54) is 19.5 Å². The van der Waals surface area contributed by atoms with Gasteiger partial charge in [-0.2, -0.15) is 0 Å². The Bertz CT molecular complexity index is 169. The second-order valence-corrected chi connectivity index (χ2v) is 4.58.